The van der Waals surface area contributed by atoms with E-state index in [1.165, 1.54) is 9.75 Å². The second-order valence-electron chi connectivity index (χ2n) is 6.83. The van der Waals surface area contributed by atoms with Gasteiger partial charge in [-0.05, 0) is 38.0 Å². The van der Waals surface area contributed by atoms with Crippen LogP contribution >= 0.6 is 11.3 Å². The van der Waals surface area contributed by atoms with Crippen LogP contribution in [0.25, 0.3) is 0 Å². The number of aryl methyl sites for hydroxylation is 1. The Morgan fingerprint density at radius 2 is 2.08 bits per heavy atom. The van der Waals surface area contributed by atoms with Crippen LogP contribution in [0.1, 0.15) is 22.6 Å². The molecule has 0 radical (unpaired) electrons. The first kappa shape index (κ1) is 16.0. The molecule has 0 bridgehead atoms. The summed E-state index contributed by atoms with van der Waals surface area (Å²) in [7, 11) is 0. The lowest BCUT2D eigenvalue weighted by Gasteiger charge is -2.48. The number of piperidine rings is 1. The molecule has 2 fully saturated rings. The standard InChI is InChI=1S/C18H24N4OS/c1-15-4-5-16(24-15)12-21-10-11-23-18(13-21)6-2-9-22(14-18)17-19-7-3-8-20-17/h3-5,7-8H,2,6,9-14H2,1H3. The maximum absolute atomic E-state index is 6.30. The smallest absolute Gasteiger partial charge is 0.225 e. The molecular formula is C18H24N4OS. The summed E-state index contributed by atoms with van der Waals surface area (Å²) in [5, 5.41) is 0. The molecule has 5 nitrogen and oxygen atoms in total. The van der Waals surface area contributed by atoms with Gasteiger partial charge in [-0.15, -0.1) is 11.3 Å². The minimum Gasteiger partial charge on any atom is -0.370 e. The lowest BCUT2D eigenvalue weighted by atomic mass is 9.91. The number of aromatic nitrogens is 2. The van der Waals surface area contributed by atoms with E-state index in [9.17, 15) is 0 Å². The summed E-state index contributed by atoms with van der Waals surface area (Å²) >= 11 is 1.90. The highest BCUT2D eigenvalue weighted by Crippen LogP contribution is 2.31. The summed E-state index contributed by atoms with van der Waals surface area (Å²) in [5.74, 6) is 0.825. The van der Waals surface area contributed by atoms with Gasteiger partial charge in [-0.3, -0.25) is 4.90 Å². The maximum atomic E-state index is 6.30. The van der Waals surface area contributed by atoms with Crippen LogP contribution in [-0.2, 0) is 11.3 Å². The number of nitrogens with zero attached hydrogens (tertiary/aromatic N) is 4. The predicted molar refractivity (Wildman–Crippen MR) is 96.5 cm³/mol. The molecule has 2 aliphatic rings. The van der Waals surface area contributed by atoms with E-state index in [2.05, 4.69) is 38.8 Å². The Morgan fingerprint density at radius 1 is 1.21 bits per heavy atom. The van der Waals surface area contributed by atoms with Crippen LogP contribution < -0.4 is 4.90 Å². The zero-order chi connectivity index (χ0) is 16.4. The highest BCUT2D eigenvalue weighted by atomic mass is 32.1. The normalized spacial score (nSPS) is 25.3. The minimum atomic E-state index is -0.0813. The molecule has 6 heteroatoms. The third kappa shape index (κ3) is 3.45. The molecule has 0 saturated carbocycles. The molecule has 1 spiro atoms. The van der Waals surface area contributed by atoms with Crippen LogP contribution in [0.5, 0.6) is 0 Å². The molecule has 1 unspecified atom stereocenters. The quantitative estimate of drug-likeness (QED) is 0.856. The fourth-order valence-electron chi connectivity index (χ4n) is 3.82. The van der Waals surface area contributed by atoms with Crippen LogP contribution in [0, 0.1) is 6.92 Å². The van der Waals surface area contributed by atoms with Crippen LogP contribution in [0.3, 0.4) is 0 Å². The van der Waals surface area contributed by atoms with Gasteiger partial charge in [0, 0.05) is 48.3 Å². The molecule has 4 rings (SSSR count). The van der Waals surface area contributed by atoms with Crippen molar-refractivity contribution in [3.05, 3.63) is 40.3 Å². The fraction of sp³-hybridized carbons (Fsp3) is 0.556. The van der Waals surface area contributed by atoms with Crippen molar-refractivity contribution in [2.75, 3.05) is 37.7 Å². The number of hydrogen-bond acceptors (Lipinski definition) is 6. The highest BCUT2D eigenvalue weighted by Gasteiger charge is 2.41. The van der Waals surface area contributed by atoms with Gasteiger partial charge in [0.25, 0.3) is 0 Å². The second-order valence-corrected chi connectivity index (χ2v) is 8.20. The molecule has 1 atom stereocenters. The number of morpholine rings is 1. The van der Waals surface area contributed by atoms with E-state index in [4.69, 9.17) is 4.74 Å². The average Bonchev–Trinajstić information content (AvgIpc) is 3.01. The van der Waals surface area contributed by atoms with Crippen molar-refractivity contribution in [2.24, 2.45) is 0 Å². The van der Waals surface area contributed by atoms with Gasteiger partial charge < -0.3 is 9.64 Å². The van der Waals surface area contributed by atoms with Crippen molar-refractivity contribution in [3.63, 3.8) is 0 Å². The maximum Gasteiger partial charge on any atom is 0.225 e. The van der Waals surface area contributed by atoms with Crippen molar-refractivity contribution < 1.29 is 4.74 Å². The van der Waals surface area contributed by atoms with E-state index in [1.54, 1.807) is 0 Å². The van der Waals surface area contributed by atoms with E-state index in [0.29, 0.717) is 0 Å². The van der Waals surface area contributed by atoms with Gasteiger partial charge in [0.1, 0.15) is 0 Å². The van der Waals surface area contributed by atoms with Crippen molar-refractivity contribution in [1.29, 1.82) is 0 Å². The third-order valence-electron chi connectivity index (χ3n) is 4.88. The lowest BCUT2D eigenvalue weighted by Crippen LogP contribution is -2.59. The van der Waals surface area contributed by atoms with E-state index in [0.717, 1.165) is 58.1 Å². The predicted octanol–water partition coefficient (Wildman–Crippen LogP) is 2.72. The average molecular weight is 344 g/mol. The molecule has 2 saturated heterocycles. The number of anilines is 1. The zero-order valence-electron chi connectivity index (χ0n) is 14.1. The van der Waals surface area contributed by atoms with Crippen LogP contribution in [0.2, 0.25) is 0 Å². The van der Waals surface area contributed by atoms with Crippen molar-refractivity contribution in [1.82, 2.24) is 14.9 Å². The summed E-state index contributed by atoms with van der Waals surface area (Å²) in [6, 6.07) is 6.34. The number of rotatable bonds is 3. The van der Waals surface area contributed by atoms with Gasteiger partial charge >= 0.3 is 0 Å². The Labute approximate surface area is 147 Å². The monoisotopic (exact) mass is 344 g/mol. The van der Waals surface area contributed by atoms with Crippen molar-refractivity contribution in [3.8, 4) is 0 Å². The van der Waals surface area contributed by atoms with Gasteiger partial charge in [-0.1, -0.05) is 0 Å². The Bertz CT molecular complexity index is 673. The van der Waals surface area contributed by atoms with Crippen molar-refractivity contribution >= 4 is 17.3 Å². The number of hydrogen-bond donors (Lipinski definition) is 0. The number of ether oxygens (including phenoxy) is 1. The molecule has 0 aliphatic carbocycles. The molecule has 24 heavy (non-hydrogen) atoms. The van der Waals surface area contributed by atoms with Crippen molar-refractivity contribution in [2.45, 2.75) is 31.9 Å². The van der Waals surface area contributed by atoms with E-state index in [1.807, 2.05) is 29.8 Å². The summed E-state index contributed by atoms with van der Waals surface area (Å²) in [6.45, 7) is 7.93. The summed E-state index contributed by atoms with van der Waals surface area (Å²) < 4.78 is 6.30. The third-order valence-corrected chi connectivity index (χ3v) is 5.86. The molecule has 0 amide bonds. The molecule has 2 aliphatic heterocycles. The highest BCUT2D eigenvalue weighted by molar-refractivity contribution is 7.11. The summed E-state index contributed by atoms with van der Waals surface area (Å²) in [6.07, 6.45) is 5.88. The van der Waals surface area contributed by atoms with Gasteiger partial charge in [-0.25, -0.2) is 9.97 Å². The van der Waals surface area contributed by atoms with Crippen LogP contribution in [0.15, 0.2) is 30.6 Å². The van der Waals surface area contributed by atoms with E-state index >= 15 is 0 Å². The first-order chi connectivity index (χ1) is 11.7. The topological polar surface area (TPSA) is 41.5 Å². The van der Waals surface area contributed by atoms with Gasteiger partial charge in [0.2, 0.25) is 5.95 Å². The van der Waals surface area contributed by atoms with Crippen LogP contribution in [0.4, 0.5) is 5.95 Å². The first-order valence-corrected chi connectivity index (χ1v) is 9.48. The first-order valence-electron chi connectivity index (χ1n) is 8.66. The molecule has 2 aromatic rings. The molecule has 2 aromatic heterocycles. The Morgan fingerprint density at radius 3 is 2.88 bits per heavy atom. The van der Waals surface area contributed by atoms with E-state index in [-0.39, 0.29) is 5.60 Å². The molecule has 128 valence electrons. The lowest BCUT2D eigenvalue weighted by molar-refractivity contribution is -0.116. The SMILES string of the molecule is Cc1ccc(CN2CCOC3(CCCN(c4ncccn4)C3)C2)s1. The van der Waals surface area contributed by atoms with Crippen LogP contribution in [-0.4, -0.2) is 53.3 Å². The van der Waals surface area contributed by atoms with E-state index < -0.39 is 0 Å². The molecule has 4 heterocycles. The minimum absolute atomic E-state index is 0.0813. The second kappa shape index (κ2) is 6.78. The summed E-state index contributed by atoms with van der Waals surface area (Å²) in [5.41, 5.74) is -0.0813. The zero-order valence-corrected chi connectivity index (χ0v) is 15.0. The van der Waals surface area contributed by atoms with Gasteiger partial charge in [-0.2, -0.15) is 0 Å². The molecular weight excluding hydrogens is 320 g/mol. The number of thiophene rings is 1. The molecule has 0 aromatic carbocycles. The Balaban J connectivity index is 1.45. The summed E-state index contributed by atoms with van der Waals surface area (Å²) in [4.78, 5) is 16.5. The largest absolute Gasteiger partial charge is 0.370 e. The van der Waals surface area contributed by atoms with Gasteiger partial charge in [0.05, 0.1) is 18.8 Å². The Hall–Kier alpha value is -1.50. The molecule has 0 N–H and O–H groups in total. The van der Waals surface area contributed by atoms with Gasteiger partial charge in [0.15, 0.2) is 0 Å². The Kier molecular flexibility index (Phi) is 4.52. The fourth-order valence-corrected chi connectivity index (χ4v) is 4.75.